The fraction of sp³-hybridized carbons (Fsp3) is 0.526. The maximum absolute atomic E-state index is 12.6. The second kappa shape index (κ2) is 8.31. The van der Waals surface area contributed by atoms with Crippen molar-refractivity contribution in [3.63, 3.8) is 0 Å². The Morgan fingerprint density at radius 1 is 1.31 bits per heavy atom. The number of pyridine rings is 1. The maximum Gasteiger partial charge on any atom is 0.287 e. The summed E-state index contributed by atoms with van der Waals surface area (Å²) < 4.78 is 7.18. The Bertz CT molecular complexity index is 778. The second-order valence-electron chi connectivity index (χ2n) is 7.02. The highest BCUT2D eigenvalue weighted by atomic mass is 16.5. The summed E-state index contributed by atoms with van der Waals surface area (Å²) in [6.07, 6.45) is 4.67. The smallest absolute Gasteiger partial charge is 0.287 e. The highest BCUT2D eigenvalue weighted by Crippen LogP contribution is 2.14. The van der Waals surface area contributed by atoms with E-state index in [1.54, 1.807) is 16.7 Å². The summed E-state index contributed by atoms with van der Waals surface area (Å²) in [5, 5.41) is 5.75. The Morgan fingerprint density at radius 2 is 2.15 bits per heavy atom. The molecule has 140 valence electrons. The number of hydrogen-bond donors (Lipinski definition) is 2. The molecular weight excluding hydrogens is 332 g/mol. The Balaban J connectivity index is 1.75. The summed E-state index contributed by atoms with van der Waals surface area (Å²) in [7, 11) is 0. The van der Waals surface area contributed by atoms with Crippen LogP contribution in [0.5, 0.6) is 0 Å². The van der Waals surface area contributed by atoms with Crippen LogP contribution < -0.4 is 10.6 Å². The van der Waals surface area contributed by atoms with Gasteiger partial charge in [-0.25, -0.2) is 4.98 Å². The van der Waals surface area contributed by atoms with Crippen LogP contribution in [0.3, 0.4) is 0 Å². The lowest BCUT2D eigenvalue weighted by Gasteiger charge is -2.10. The minimum absolute atomic E-state index is 0.0592. The maximum atomic E-state index is 12.6. The molecule has 1 unspecified atom stereocenters. The van der Waals surface area contributed by atoms with Crippen LogP contribution in [0, 0.1) is 5.92 Å². The lowest BCUT2D eigenvalue weighted by molar-refractivity contribution is 0.0848. The zero-order chi connectivity index (χ0) is 18.5. The molecule has 0 bridgehead atoms. The van der Waals surface area contributed by atoms with Crippen molar-refractivity contribution in [3.8, 4) is 0 Å². The van der Waals surface area contributed by atoms with Gasteiger partial charge in [0.1, 0.15) is 0 Å². The molecule has 2 amide bonds. The van der Waals surface area contributed by atoms with E-state index in [9.17, 15) is 9.59 Å². The largest absolute Gasteiger partial charge is 0.376 e. The molecule has 3 rings (SSSR count). The normalized spacial score (nSPS) is 17.0. The third kappa shape index (κ3) is 4.22. The van der Waals surface area contributed by atoms with Crippen molar-refractivity contribution in [1.29, 1.82) is 0 Å². The van der Waals surface area contributed by atoms with Gasteiger partial charge in [0.2, 0.25) is 5.82 Å². The molecule has 0 saturated carbocycles. The van der Waals surface area contributed by atoms with Gasteiger partial charge in [-0.05, 0) is 37.3 Å². The Labute approximate surface area is 153 Å². The Kier molecular flexibility index (Phi) is 5.88. The van der Waals surface area contributed by atoms with Crippen molar-refractivity contribution in [1.82, 2.24) is 20.0 Å². The number of nitrogens with one attached hydrogen (secondary N) is 2. The molecule has 2 aromatic heterocycles. The average molecular weight is 358 g/mol. The van der Waals surface area contributed by atoms with E-state index in [1.807, 2.05) is 12.1 Å². The summed E-state index contributed by atoms with van der Waals surface area (Å²) in [5.74, 6) is 0.163. The van der Waals surface area contributed by atoms with Crippen LogP contribution in [-0.2, 0) is 4.74 Å². The van der Waals surface area contributed by atoms with Crippen LogP contribution in [0.25, 0.3) is 5.52 Å². The molecule has 1 aliphatic heterocycles. The first-order valence-corrected chi connectivity index (χ1v) is 9.21. The molecular formula is C19H26N4O3. The van der Waals surface area contributed by atoms with E-state index in [1.165, 1.54) is 0 Å². The minimum atomic E-state index is -0.303. The van der Waals surface area contributed by atoms with E-state index in [0.717, 1.165) is 25.9 Å². The first-order chi connectivity index (χ1) is 12.6. The number of nitrogens with zero attached hydrogens (tertiary/aromatic N) is 2. The zero-order valence-electron chi connectivity index (χ0n) is 15.3. The molecule has 2 aromatic rings. The predicted molar refractivity (Wildman–Crippen MR) is 98.3 cm³/mol. The number of hydrogen-bond acceptors (Lipinski definition) is 4. The summed E-state index contributed by atoms with van der Waals surface area (Å²) >= 11 is 0. The summed E-state index contributed by atoms with van der Waals surface area (Å²) in [4.78, 5) is 29.4. The predicted octanol–water partition coefficient (Wildman–Crippen LogP) is 2.02. The summed E-state index contributed by atoms with van der Waals surface area (Å²) in [6.45, 7) is 6.00. The van der Waals surface area contributed by atoms with Gasteiger partial charge in [0.05, 0.1) is 11.6 Å². The van der Waals surface area contributed by atoms with Gasteiger partial charge in [-0.3, -0.25) is 14.0 Å². The number of carbonyl (C=O) groups is 2. The van der Waals surface area contributed by atoms with Crippen molar-refractivity contribution in [2.75, 3.05) is 19.7 Å². The van der Waals surface area contributed by atoms with Crippen molar-refractivity contribution in [2.45, 2.75) is 39.2 Å². The standard InChI is InChI=1S/C19H26N4O3/c1-13(2)8-9-20-18(24)16-15-7-3-4-10-23(15)17(22-16)19(25)21-12-14-6-5-11-26-14/h3-4,7,10,13-14H,5-6,8-9,11-12H2,1-2H3,(H,20,24)(H,21,25). The van der Waals surface area contributed by atoms with Crippen molar-refractivity contribution in [2.24, 2.45) is 5.92 Å². The average Bonchev–Trinajstić information content (AvgIpc) is 3.27. The molecule has 0 aliphatic carbocycles. The van der Waals surface area contributed by atoms with E-state index in [0.29, 0.717) is 24.5 Å². The lowest BCUT2D eigenvalue weighted by Crippen LogP contribution is -2.33. The van der Waals surface area contributed by atoms with E-state index in [4.69, 9.17) is 4.74 Å². The molecule has 0 radical (unpaired) electrons. The molecule has 0 aromatic carbocycles. The van der Waals surface area contributed by atoms with Gasteiger partial charge < -0.3 is 15.4 Å². The SMILES string of the molecule is CC(C)CCNC(=O)c1nc(C(=O)NCC2CCCO2)n2ccccc12. The van der Waals surface area contributed by atoms with Crippen molar-refractivity contribution in [3.05, 3.63) is 35.9 Å². The van der Waals surface area contributed by atoms with Gasteiger partial charge >= 0.3 is 0 Å². The quantitative estimate of drug-likeness (QED) is 0.793. The zero-order valence-corrected chi connectivity index (χ0v) is 15.3. The van der Waals surface area contributed by atoms with Gasteiger partial charge in [-0.15, -0.1) is 0 Å². The number of rotatable bonds is 7. The number of aromatic nitrogens is 2. The molecule has 26 heavy (non-hydrogen) atoms. The molecule has 1 saturated heterocycles. The third-order valence-corrected chi connectivity index (χ3v) is 4.49. The first kappa shape index (κ1) is 18.4. The minimum Gasteiger partial charge on any atom is -0.376 e. The number of carbonyl (C=O) groups excluding carboxylic acids is 2. The summed E-state index contributed by atoms with van der Waals surface area (Å²) in [6, 6.07) is 5.43. The van der Waals surface area contributed by atoms with E-state index in [-0.39, 0.29) is 29.4 Å². The molecule has 7 nitrogen and oxygen atoms in total. The highest BCUT2D eigenvalue weighted by Gasteiger charge is 2.23. The van der Waals surface area contributed by atoms with E-state index in [2.05, 4.69) is 29.5 Å². The molecule has 1 atom stereocenters. The fourth-order valence-electron chi connectivity index (χ4n) is 3.01. The second-order valence-corrected chi connectivity index (χ2v) is 7.02. The summed E-state index contributed by atoms with van der Waals surface area (Å²) in [5.41, 5.74) is 0.897. The van der Waals surface area contributed by atoms with Crippen LogP contribution in [0.1, 0.15) is 54.2 Å². The Morgan fingerprint density at radius 3 is 2.88 bits per heavy atom. The molecule has 7 heteroatoms. The number of fused-ring (bicyclic) bond motifs is 1. The van der Waals surface area contributed by atoms with Crippen LogP contribution in [0.15, 0.2) is 24.4 Å². The van der Waals surface area contributed by atoms with Crippen LogP contribution in [0.2, 0.25) is 0 Å². The first-order valence-electron chi connectivity index (χ1n) is 9.21. The highest BCUT2D eigenvalue weighted by molar-refractivity contribution is 6.02. The van der Waals surface area contributed by atoms with Crippen molar-refractivity contribution < 1.29 is 14.3 Å². The molecule has 2 N–H and O–H groups in total. The van der Waals surface area contributed by atoms with Gasteiger partial charge in [0.25, 0.3) is 11.8 Å². The van der Waals surface area contributed by atoms with Crippen LogP contribution in [-0.4, -0.2) is 47.0 Å². The molecule has 3 heterocycles. The van der Waals surface area contributed by atoms with Gasteiger partial charge in [-0.1, -0.05) is 19.9 Å². The monoisotopic (exact) mass is 358 g/mol. The number of ether oxygens (including phenoxy) is 1. The fourth-order valence-corrected chi connectivity index (χ4v) is 3.01. The third-order valence-electron chi connectivity index (χ3n) is 4.49. The van der Waals surface area contributed by atoms with E-state index >= 15 is 0 Å². The van der Waals surface area contributed by atoms with Crippen LogP contribution in [0.4, 0.5) is 0 Å². The lowest BCUT2D eigenvalue weighted by atomic mass is 10.1. The topological polar surface area (TPSA) is 84.7 Å². The van der Waals surface area contributed by atoms with Gasteiger partial charge in [0.15, 0.2) is 5.69 Å². The van der Waals surface area contributed by atoms with E-state index < -0.39 is 0 Å². The van der Waals surface area contributed by atoms with Gasteiger partial charge in [0, 0.05) is 25.9 Å². The van der Waals surface area contributed by atoms with Crippen LogP contribution >= 0.6 is 0 Å². The number of imidazole rings is 1. The number of amides is 2. The Hall–Kier alpha value is -2.41. The molecule has 1 fully saturated rings. The molecule has 1 aliphatic rings. The van der Waals surface area contributed by atoms with Gasteiger partial charge in [-0.2, -0.15) is 0 Å². The molecule has 0 spiro atoms. The van der Waals surface area contributed by atoms with Crippen molar-refractivity contribution >= 4 is 17.3 Å².